The largest absolute Gasteiger partial charge is 0.354 e. The van der Waals surface area contributed by atoms with Gasteiger partial charge in [-0.1, -0.05) is 41.6 Å². The summed E-state index contributed by atoms with van der Waals surface area (Å²) in [4.78, 5) is 24.0. The van der Waals surface area contributed by atoms with E-state index in [2.05, 4.69) is 25.4 Å². The van der Waals surface area contributed by atoms with Crippen LogP contribution in [-0.2, 0) is 13.0 Å². The van der Waals surface area contributed by atoms with E-state index in [1.165, 1.54) is 0 Å². The number of fused-ring (bicyclic) bond motifs is 1. The van der Waals surface area contributed by atoms with Gasteiger partial charge in [-0.3, -0.25) is 4.98 Å². The molecule has 0 radical (unpaired) electrons. The van der Waals surface area contributed by atoms with Crippen molar-refractivity contribution in [2.45, 2.75) is 13.0 Å². The molecule has 1 N–H and O–H groups in total. The molecule has 0 bridgehead atoms. The maximum Gasteiger partial charge on any atom is 0.223 e. The number of benzene rings is 2. The average molecular weight is 369 g/mol. The van der Waals surface area contributed by atoms with E-state index in [1.54, 1.807) is 6.20 Å². The first kappa shape index (κ1) is 17.7. The molecule has 0 unspecified atom stereocenters. The highest BCUT2D eigenvalue weighted by Gasteiger charge is 2.07. The molecule has 28 heavy (non-hydrogen) atoms. The Morgan fingerprint density at radius 1 is 0.964 bits per heavy atom. The van der Waals surface area contributed by atoms with Gasteiger partial charge in [0, 0.05) is 36.4 Å². The Labute approximate surface area is 162 Å². The Morgan fingerprint density at radius 3 is 2.71 bits per heavy atom. The van der Waals surface area contributed by atoms with Crippen LogP contribution in [0.3, 0.4) is 0 Å². The van der Waals surface area contributed by atoms with Crippen molar-refractivity contribution in [2.75, 3.05) is 11.9 Å². The average Bonchev–Trinajstić information content (AvgIpc) is 2.75. The van der Waals surface area contributed by atoms with Crippen LogP contribution in [0.25, 0.3) is 22.0 Å². The smallest absolute Gasteiger partial charge is 0.223 e. The summed E-state index contributed by atoms with van der Waals surface area (Å²) >= 11 is 0. The first-order valence-corrected chi connectivity index (χ1v) is 9.11. The van der Waals surface area contributed by atoms with Crippen LogP contribution in [0.4, 0.5) is 5.95 Å². The van der Waals surface area contributed by atoms with Gasteiger partial charge in [0.2, 0.25) is 5.95 Å². The predicted octanol–water partition coefficient (Wildman–Crippen LogP) is 4.61. The van der Waals surface area contributed by atoms with E-state index >= 15 is 0 Å². The van der Waals surface area contributed by atoms with Crippen molar-refractivity contribution < 1.29 is 0 Å². The maximum absolute atomic E-state index is 10.7. The molecule has 138 valence electrons. The van der Waals surface area contributed by atoms with Crippen LogP contribution in [0.1, 0.15) is 11.3 Å². The van der Waals surface area contributed by atoms with Gasteiger partial charge >= 0.3 is 0 Å². The Kier molecular flexibility index (Phi) is 5.29. The number of rotatable bonds is 7. The first-order chi connectivity index (χ1) is 13.8. The van der Waals surface area contributed by atoms with Gasteiger partial charge < -0.3 is 5.32 Å². The fourth-order valence-corrected chi connectivity index (χ4v) is 3.14. The van der Waals surface area contributed by atoms with Crippen LogP contribution >= 0.6 is 0 Å². The van der Waals surface area contributed by atoms with E-state index in [-0.39, 0.29) is 6.54 Å². The number of nitroso groups, excluding NO2 is 1. The third-order valence-corrected chi connectivity index (χ3v) is 4.53. The van der Waals surface area contributed by atoms with Gasteiger partial charge in [-0.25, -0.2) is 9.97 Å². The highest BCUT2D eigenvalue weighted by molar-refractivity contribution is 5.85. The monoisotopic (exact) mass is 369 g/mol. The third-order valence-electron chi connectivity index (χ3n) is 4.53. The summed E-state index contributed by atoms with van der Waals surface area (Å²) in [7, 11) is 0. The lowest BCUT2D eigenvalue weighted by Gasteiger charge is -2.09. The van der Waals surface area contributed by atoms with Gasteiger partial charge in [0.15, 0.2) is 0 Å². The molecule has 4 rings (SSSR count). The lowest BCUT2D eigenvalue weighted by Crippen LogP contribution is -2.08. The van der Waals surface area contributed by atoms with E-state index in [4.69, 9.17) is 0 Å². The molecule has 0 atom stereocenters. The van der Waals surface area contributed by atoms with Crippen molar-refractivity contribution in [2.24, 2.45) is 5.18 Å². The number of anilines is 1. The van der Waals surface area contributed by atoms with E-state index in [0.717, 1.165) is 39.7 Å². The second-order valence-electron chi connectivity index (χ2n) is 6.41. The lowest BCUT2D eigenvalue weighted by molar-refractivity contribution is 0.945. The van der Waals surface area contributed by atoms with Crippen molar-refractivity contribution in [3.05, 3.63) is 89.2 Å². The predicted molar refractivity (Wildman–Crippen MR) is 111 cm³/mol. The highest BCUT2D eigenvalue weighted by Crippen LogP contribution is 2.27. The number of nitrogens with zero attached hydrogens (tertiary/aromatic N) is 4. The summed E-state index contributed by atoms with van der Waals surface area (Å²) in [5.74, 6) is 0.599. The molecule has 0 spiro atoms. The van der Waals surface area contributed by atoms with Crippen LogP contribution < -0.4 is 5.32 Å². The lowest BCUT2D eigenvalue weighted by atomic mass is 9.98. The van der Waals surface area contributed by atoms with E-state index in [9.17, 15) is 4.91 Å². The molecule has 4 aromatic rings. The molecule has 0 fully saturated rings. The van der Waals surface area contributed by atoms with Crippen LogP contribution in [-0.4, -0.2) is 21.5 Å². The molecule has 0 amide bonds. The summed E-state index contributed by atoms with van der Waals surface area (Å²) < 4.78 is 0. The molecule has 2 aromatic carbocycles. The SMILES string of the molecule is O=NCc1ccccc1-c1ccc2nc(NCCc3ccccn3)ncc2c1. The Hall–Kier alpha value is -3.67. The Morgan fingerprint density at radius 2 is 1.86 bits per heavy atom. The Balaban J connectivity index is 1.52. The summed E-state index contributed by atoms with van der Waals surface area (Å²) in [5, 5.41) is 7.22. The second-order valence-corrected chi connectivity index (χ2v) is 6.41. The molecular formula is C22H19N5O. The first-order valence-electron chi connectivity index (χ1n) is 9.11. The minimum absolute atomic E-state index is 0.157. The van der Waals surface area contributed by atoms with Gasteiger partial charge in [0.25, 0.3) is 0 Å². The van der Waals surface area contributed by atoms with Crippen LogP contribution in [0.15, 0.2) is 78.2 Å². The molecule has 2 heterocycles. The number of hydrogen-bond acceptors (Lipinski definition) is 6. The fraction of sp³-hybridized carbons (Fsp3) is 0.136. The van der Waals surface area contributed by atoms with Gasteiger partial charge in [-0.05, 0) is 41.0 Å². The van der Waals surface area contributed by atoms with Crippen molar-refractivity contribution >= 4 is 16.9 Å². The molecule has 0 saturated carbocycles. The molecular weight excluding hydrogens is 350 g/mol. The maximum atomic E-state index is 10.7. The summed E-state index contributed by atoms with van der Waals surface area (Å²) in [5.41, 5.74) is 4.83. The molecule has 6 heteroatoms. The summed E-state index contributed by atoms with van der Waals surface area (Å²) in [6.07, 6.45) is 4.42. The van der Waals surface area contributed by atoms with Crippen LogP contribution in [0, 0.1) is 4.91 Å². The zero-order valence-electron chi connectivity index (χ0n) is 15.2. The quantitative estimate of drug-likeness (QED) is 0.481. The van der Waals surface area contributed by atoms with Crippen molar-refractivity contribution in [3.8, 4) is 11.1 Å². The zero-order chi connectivity index (χ0) is 19.2. The second kappa shape index (κ2) is 8.35. The van der Waals surface area contributed by atoms with Gasteiger partial charge in [0.05, 0.1) is 5.52 Å². The highest BCUT2D eigenvalue weighted by atomic mass is 16.3. The van der Waals surface area contributed by atoms with Gasteiger partial charge in [0.1, 0.15) is 6.54 Å². The molecule has 6 nitrogen and oxygen atoms in total. The van der Waals surface area contributed by atoms with Crippen molar-refractivity contribution in [1.29, 1.82) is 0 Å². The molecule has 0 aliphatic carbocycles. The van der Waals surface area contributed by atoms with Crippen molar-refractivity contribution in [3.63, 3.8) is 0 Å². The topological polar surface area (TPSA) is 80.1 Å². The third kappa shape index (κ3) is 4.01. The van der Waals surface area contributed by atoms with Crippen LogP contribution in [0.5, 0.6) is 0 Å². The van der Waals surface area contributed by atoms with E-state index < -0.39 is 0 Å². The zero-order valence-corrected chi connectivity index (χ0v) is 15.2. The van der Waals surface area contributed by atoms with Gasteiger partial charge in [-0.2, -0.15) is 4.91 Å². The number of hydrogen-bond donors (Lipinski definition) is 1. The minimum atomic E-state index is 0.157. The minimum Gasteiger partial charge on any atom is -0.354 e. The fourth-order valence-electron chi connectivity index (χ4n) is 3.14. The molecule has 2 aromatic heterocycles. The molecule has 0 aliphatic heterocycles. The summed E-state index contributed by atoms with van der Waals surface area (Å²) in [6.45, 7) is 0.872. The summed E-state index contributed by atoms with van der Waals surface area (Å²) in [6, 6.07) is 19.7. The van der Waals surface area contributed by atoms with E-state index in [1.807, 2.05) is 66.9 Å². The molecule has 0 saturated heterocycles. The molecule has 0 aliphatic rings. The standard InChI is InChI=1S/C22H19N5O/c28-26-15-17-5-1-2-7-20(17)16-8-9-21-18(13-16)14-25-22(27-21)24-12-10-19-6-3-4-11-23-19/h1-9,11,13-14H,10,12,15H2,(H,24,25,27). The normalized spacial score (nSPS) is 10.7. The number of nitrogens with one attached hydrogen (secondary N) is 1. The van der Waals surface area contributed by atoms with Crippen LogP contribution in [0.2, 0.25) is 0 Å². The van der Waals surface area contributed by atoms with Crippen molar-refractivity contribution in [1.82, 2.24) is 15.0 Å². The van der Waals surface area contributed by atoms with Gasteiger partial charge in [-0.15, -0.1) is 0 Å². The Bertz CT molecular complexity index is 1100. The number of aromatic nitrogens is 3. The number of pyridine rings is 1. The van der Waals surface area contributed by atoms with E-state index in [0.29, 0.717) is 12.5 Å².